The molecule has 0 N–H and O–H groups in total. The van der Waals surface area contributed by atoms with Crippen LogP contribution in [0.15, 0.2) is 115 Å². The average Bonchev–Trinajstić information content (AvgIpc) is 3.50. The van der Waals surface area contributed by atoms with E-state index in [1.807, 2.05) is 12.1 Å². The first-order valence-corrected chi connectivity index (χ1v) is 12.0. The van der Waals surface area contributed by atoms with Crippen molar-refractivity contribution in [2.75, 3.05) is 0 Å². The molecular weight excluding hydrogens is 522 g/mol. The van der Waals surface area contributed by atoms with Crippen molar-refractivity contribution >= 4 is 8.84 Å². The second-order valence-corrected chi connectivity index (χ2v) is 9.13. The van der Waals surface area contributed by atoms with Gasteiger partial charge in [0.2, 0.25) is 0 Å². The maximum absolute atomic E-state index is 2.32. The minimum atomic E-state index is 0. The van der Waals surface area contributed by atoms with Crippen LogP contribution in [0.1, 0.15) is 23.1 Å². The maximum Gasteiger partial charge on any atom is -0.0184 e. The molecule has 0 nitrogen and oxygen atoms in total. The van der Waals surface area contributed by atoms with Crippen molar-refractivity contribution in [3.8, 4) is 22.3 Å². The molecule has 0 amide bonds. The zero-order valence-electron chi connectivity index (χ0n) is 18.1. The van der Waals surface area contributed by atoms with Crippen molar-refractivity contribution in [2.45, 2.75) is 12.8 Å². The third kappa shape index (κ3) is 5.49. The number of benzene rings is 4. The third-order valence-corrected chi connectivity index (χ3v) is 7.39. The molecule has 0 aliphatic heterocycles. The van der Waals surface area contributed by atoms with E-state index in [1.165, 1.54) is 63.7 Å². The second-order valence-electron chi connectivity index (χ2n) is 7.90. The first-order valence-electron chi connectivity index (χ1n) is 10.7. The summed E-state index contributed by atoms with van der Waals surface area (Å²) in [6, 6.07) is 34.2. The van der Waals surface area contributed by atoms with Gasteiger partial charge in [-0.3, -0.25) is 0 Å². The zero-order chi connectivity index (χ0) is 21.0. The van der Waals surface area contributed by atoms with Crippen molar-refractivity contribution in [3.05, 3.63) is 132 Å². The van der Waals surface area contributed by atoms with E-state index < -0.39 is 0 Å². The van der Waals surface area contributed by atoms with E-state index in [0.29, 0.717) is 0 Å². The van der Waals surface area contributed by atoms with E-state index in [-0.39, 0.29) is 24.8 Å². The van der Waals surface area contributed by atoms with Crippen LogP contribution >= 0.6 is 0 Å². The van der Waals surface area contributed by atoms with Crippen LogP contribution in [0.25, 0.3) is 27.8 Å². The second kappa shape index (κ2) is 11.8. The number of halogens is 2. The van der Waals surface area contributed by atoms with Gasteiger partial charge in [-0.15, -0.1) is 0 Å². The molecule has 0 radical (unpaired) electrons. The van der Waals surface area contributed by atoms with Crippen LogP contribution in [0.5, 0.6) is 0 Å². The summed E-state index contributed by atoms with van der Waals surface area (Å²) in [5.41, 5.74) is 11.4. The van der Waals surface area contributed by atoms with Gasteiger partial charge >= 0.3 is 129 Å². The van der Waals surface area contributed by atoms with E-state index in [2.05, 4.69) is 103 Å². The molecule has 3 heteroatoms. The molecule has 0 saturated heterocycles. The monoisotopic (exact) mass is 543 g/mol. The molecule has 2 aliphatic carbocycles. The summed E-state index contributed by atoms with van der Waals surface area (Å²) in [5.74, 6) is 0. The van der Waals surface area contributed by atoms with E-state index >= 15 is 0 Å². The Hall–Kier alpha value is -2.18. The van der Waals surface area contributed by atoms with Crippen molar-refractivity contribution < 1.29 is 49.5 Å². The van der Waals surface area contributed by atoms with Gasteiger partial charge in [0.15, 0.2) is 0 Å². The topological polar surface area (TPSA) is 0 Å². The Morgan fingerprint density at radius 2 is 1.15 bits per heavy atom. The molecular formula is C30H23Cl2Zr. The summed E-state index contributed by atoms with van der Waals surface area (Å²) in [6.45, 7) is 0. The minimum absolute atomic E-state index is 0. The van der Waals surface area contributed by atoms with Crippen LogP contribution < -0.4 is 28.1 Å². The summed E-state index contributed by atoms with van der Waals surface area (Å²) < 4.78 is 1.55. The van der Waals surface area contributed by atoms with Crippen molar-refractivity contribution in [2.24, 2.45) is 0 Å². The quantitative estimate of drug-likeness (QED) is 0.312. The van der Waals surface area contributed by atoms with Crippen molar-refractivity contribution in [3.63, 3.8) is 0 Å². The van der Waals surface area contributed by atoms with Crippen LogP contribution in [0.4, 0.5) is 0 Å². The Morgan fingerprint density at radius 1 is 0.576 bits per heavy atom. The molecule has 0 aromatic heterocycles. The molecule has 0 bridgehead atoms. The molecule has 161 valence electrons. The fraction of sp³-hybridized carbons (Fsp3) is 0.0667. The maximum atomic E-state index is 2.32. The first kappa shape index (κ1) is 25.4. The van der Waals surface area contributed by atoms with Crippen molar-refractivity contribution in [1.29, 1.82) is 0 Å². The van der Waals surface area contributed by atoms with Gasteiger partial charge < -0.3 is 24.8 Å². The summed E-state index contributed by atoms with van der Waals surface area (Å²) in [5, 5.41) is 0. The molecule has 0 fully saturated rings. The van der Waals surface area contributed by atoms with E-state index in [1.54, 1.807) is 8.83 Å². The predicted molar refractivity (Wildman–Crippen MR) is 128 cm³/mol. The first-order chi connectivity index (χ1) is 15.3. The Kier molecular flexibility index (Phi) is 9.10. The smallest absolute Gasteiger partial charge is 0.0184 e. The van der Waals surface area contributed by atoms with Crippen LogP contribution in [0.2, 0.25) is 0 Å². The molecule has 4 aromatic rings. The van der Waals surface area contributed by atoms with Crippen LogP contribution in [-0.2, 0) is 31.1 Å². The molecule has 2 aliphatic rings. The van der Waals surface area contributed by atoms with Gasteiger partial charge in [-0.1, -0.05) is 60.7 Å². The fourth-order valence-electron chi connectivity index (χ4n) is 4.39. The standard InChI is InChI=1S/C18H13.C12H10.2ClH.Zr/c1-2-6-13(5-1)14-9-10-18-16(11-14)12-15-7-3-4-8-17(15)18;1-3-7-11(8-4-1)12-9-5-2-6-10-12;;;/h1-5,7-10H,6,12H2;1-10H;2*1H;/q;;;;+2/p-2. The summed E-state index contributed by atoms with van der Waals surface area (Å²) in [6.07, 6.45) is 8.88. The fourth-order valence-corrected chi connectivity index (χ4v) is 5.53. The molecule has 0 unspecified atom stereocenters. The summed E-state index contributed by atoms with van der Waals surface area (Å²) in [4.78, 5) is 0. The molecule has 4 aromatic carbocycles. The van der Waals surface area contributed by atoms with Crippen molar-refractivity contribution in [1.82, 2.24) is 0 Å². The molecule has 0 heterocycles. The molecule has 0 saturated carbocycles. The number of allylic oxidation sites excluding steroid dienone is 4. The van der Waals surface area contributed by atoms with Gasteiger partial charge in [0, 0.05) is 0 Å². The van der Waals surface area contributed by atoms with Gasteiger partial charge in [0.05, 0.1) is 0 Å². The predicted octanol–water partition coefficient (Wildman–Crippen LogP) is 1.13. The SMILES string of the molecule is [Cl-].[Cl-].[Zr+2][c]1c(C2=CC=CC2)ccc2c1Cc1ccccc1-2.c1ccc(-c2ccccc2)cc1. The summed E-state index contributed by atoms with van der Waals surface area (Å²) >= 11 is 1.53. The average molecular weight is 546 g/mol. The minimum Gasteiger partial charge on any atom is -0.0622 e. The number of rotatable bonds is 2. The zero-order valence-corrected chi connectivity index (χ0v) is 22.1. The molecule has 6 rings (SSSR count). The van der Waals surface area contributed by atoms with Gasteiger partial charge in [-0.05, 0) is 11.1 Å². The van der Waals surface area contributed by atoms with Crippen LogP contribution in [0, 0.1) is 0 Å². The third-order valence-electron chi connectivity index (χ3n) is 5.99. The Balaban J connectivity index is 0.000000192. The van der Waals surface area contributed by atoms with Crippen LogP contribution in [-0.4, -0.2) is 0 Å². The van der Waals surface area contributed by atoms with Gasteiger partial charge in [0.1, 0.15) is 0 Å². The van der Waals surface area contributed by atoms with E-state index in [4.69, 9.17) is 0 Å². The van der Waals surface area contributed by atoms with E-state index in [9.17, 15) is 0 Å². The van der Waals surface area contributed by atoms with E-state index in [0.717, 1.165) is 12.8 Å². The Morgan fingerprint density at radius 3 is 1.76 bits per heavy atom. The largest absolute Gasteiger partial charge is 0.0622 e. The number of hydrogen-bond acceptors (Lipinski definition) is 0. The number of fused-ring (bicyclic) bond motifs is 3. The Labute approximate surface area is 224 Å². The molecule has 0 atom stereocenters. The van der Waals surface area contributed by atoms with Gasteiger partial charge in [0.25, 0.3) is 0 Å². The van der Waals surface area contributed by atoms with Crippen LogP contribution in [0.3, 0.4) is 0 Å². The normalized spacial score (nSPS) is 12.4. The van der Waals surface area contributed by atoms with Gasteiger partial charge in [-0.2, -0.15) is 0 Å². The molecule has 0 spiro atoms. The summed E-state index contributed by atoms with van der Waals surface area (Å²) in [7, 11) is 0. The molecule has 33 heavy (non-hydrogen) atoms. The Bertz CT molecular complexity index is 1240. The van der Waals surface area contributed by atoms with Gasteiger partial charge in [-0.25, -0.2) is 0 Å². The number of hydrogen-bond donors (Lipinski definition) is 0.